The highest BCUT2D eigenvalue weighted by Crippen LogP contribution is 2.34. The molecule has 0 radical (unpaired) electrons. The van der Waals surface area contributed by atoms with Gasteiger partial charge < -0.3 is 10.2 Å². The van der Waals surface area contributed by atoms with E-state index in [1.165, 1.54) is 16.8 Å². The lowest BCUT2D eigenvalue weighted by Crippen LogP contribution is -2.55. The molecular weight excluding hydrogens is 421 g/mol. The van der Waals surface area contributed by atoms with Crippen LogP contribution in [0.3, 0.4) is 0 Å². The van der Waals surface area contributed by atoms with Crippen molar-refractivity contribution in [3.05, 3.63) is 53.6 Å². The molecule has 1 aliphatic rings. The highest BCUT2D eigenvalue weighted by Gasteiger charge is 2.47. The molecule has 10 heteroatoms. The molecule has 3 rings (SSSR count). The van der Waals surface area contributed by atoms with E-state index in [2.05, 4.69) is 10.4 Å². The molecule has 2 heterocycles. The van der Waals surface area contributed by atoms with Gasteiger partial charge in [0.1, 0.15) is 11.7 Å². The van der Waals surface area contributed by atoms with Crippen LogP contribution in [0.4, 0.5) is 13.2 Å². The van der Waals surface area contributed by atoms with Gasteiger partial charge in [-0.1, -0.05) is 12.1 Å². The zero-order valence-electron chi connectivity index (χ0n) is 16.3. The Balaban J connectivity index is 1.81. The molecule has 0 spiro atoms. The van der Waals surface area contributed by atoms with Crippen LogP contribution in [0, 0.1) is 5.82 Å². The van der Waals surface area contributed by atoms with Crippen molar-refractivity contribution >= 4 is 23.4 Å². The van der Waals surface area contributed by atoms with E-state index in [1.807, 2.05) is 0 Å². The third-order valence-electron chi connectivity index (χ3n) is 5.25. The molecule has 0 bridgehead atoms. The van der Waals surface area contributed by atoms with E-state index in [-0.39, 0.29) is 24.9 Å². The Kier molecular flexibility index (Phi) is 6.70. The third-order valence-corrected chi connectivity index (χ3v) is 5.50. The second kappa shape index (κ2) is 9.07. The van der Waals surface area contributed by atoms with Crippen molar-refractivity contribution in [3.8, 4) is 0 Å². The minimum absolute atomic E-state index is 0.0750. The van der Waals surface area contributed by atoms with E-state index in [0.29, 0.717) is 13.0 Å². The van der Waals surface area contributed by atoms with Crippen LogP contribution in [0.2, 0.25) is 0 Å². The summed E-state index contributed by atoms with van der Waals surface area (Å²) in [5, 5.41) is 6.52. The van der Waals surface area contributed by atoms with Crippen molar-refractivity contribution < 1.29 is 22.8 Å². The van der Waals surface area contributed by atoms with Crippen LogP contribution >= 0.6 is 11.6 Å². The summed E-state index contributed by atoms with van der Waals surface area (Å²) in [7, 11) is 0. The summed E-state index contributed by atoms with van der Waals surface area (Å²) in [6.45, 7) is 2.12. The monoisotopic (exact) mass is 442 g/mol. The second-order valence-electron chi connectivity index (χ2n) is 7.16. The lowest BCUT2D eigenvalue weighted by molar-refractivity contribution is -0.161. The molecule has 6 nitrogen and oxygen atoms in total. The van der Waals surface area contributed by atoms with Crippen molar-refractivity contribution in [2.45, 2.75) is 37.8 Å². The van der Waals surface area contributed by atoms with Gasteiger partial charge in [0.05, 0.1) is 17.8 Å². The quantitative estimate of drug-likeness (QED) is 0.699. The van der Waals surface area contributed by atoms with E-state index in [0.717, 1.165) is 22.9 Å². The van der Waals surface area contributed by atoms with Gasteiger partial charge in [0.2, 0.25) is 5.91 Å². The van der Waals surface area contributed by atoms with Gasteiger partial charge in [-0.2, -0.15) is 13.9 Å². The number of hydrogen-bond donors (Lipinski definition) is 1. The van der Waals surface area contributed by atoms with Crippen molar-refractivity contribution in [2.24, 2.45) is 0 Å². The van der Waals surface area contributed by atoms with Gasteiger partial charge in [-0.05, 0) is 31.0 Å². The van der Waals surface area contributed by atoms with Gasteiger partial charge in [0.25, 0.3) is 5.91 Å². The predicted octanol–water partition coefficient (Wildman–Crippen LogP) is 2.87. The lowest BCUT2D eigenvalue weighted by Gasteiger charge is -2.40. The Morgan fingerprint density at radius 1 is 1.30 bits per heavy atom. The van der Waals surface area contributed by atoms with Crippen LogP contribution < -0.4 is 5.32 Å². The minimum atomic E-state index is -3.74. The molecule has 1 saturated heterocycles. The fourth-order valence-corrected chi connectivity index (χ4v) is 3.73. The number of alkyl halides is 3. The largest absolute Gasteiger partial charge is 0.352 e. The SMILES string of the molecule is CCn1cc(C(F)(F)C(=O)N2CC[C@H](c3ccc(F)cc3)[C@@H](NC(=O)CCl)C2)cn1. The van der Waals surface area contributed by atoms with Gasteiger partial charge >= 0.3 is 5.92 Å². The fraction of sp³-hybridized carbons (Fsp3) is 0.450. The number of carbonyl (C=O) groups excluding carboxylic acids is 2. The van der Waals surface area contributed by atoms with Gasteiger partial charge in [0.15, 0.2) is 0 Å². The average Bonchev–Trinajstić information content (AvgIpc) is 3.24. The second-order valence-corrected chi connectivity index (χ2v) is 7.43. The number of rotatable bonds is 6. The number of carbonyl (C=O) groups is 2. The van der Waals surface area contributed by atoms with E-state index in [9.17, 15) is 22.8 Å². The molecule has 0 aliphatic carbocycles. The average molecular weight is 443 g/mol. The summed E-state index contributed by atoms with van der Waals surface area (Å²) in [5.74, 6) is -6.53. The van der Waals surface area contributed by atoms with Crippen LogP contribution in [-0.2, 0) is 22.1 Å². The predicted molar refractivity (Wildman–Crippen MR) is 105 cm³/mol. The van der Waals surface area contributed by atoms with E-state index in [4.69, 9.17) is 11.6 Å². The number of benzene rings is 1. The zero-order chi connectivity index (χ0) is 21.9. The Hall–Kier alpha value is -2.55. The van der Waals surface area contributed by atoms with Crippen LogP contribution in [0.25, 0.3) is 0 Å². The highest BCUT2D eigenvalue weighted by molar-refractivity contribution is 6.27. The number of halogens is 4. The molecule has 2 aromatic rings. The van der Waals surface area contributed by atoms with E-state index >= 15 is 0 Å². The standard InChI is InChI=1S/C20H22ClF3N4O2/c1-2-28-11-14(10-25-28)20(23,24)19(30)27-8-7-16(13-3-5-15(22)6-4-13)17(12-27)26-18(29)9-21/h3-6,10-11,16-17H,2,7-9,12H2,1H3,(H,26,29)/t16-,17+/m1/s1. The Labute approximate surface area is 177 Å². The lowest BCUT2D eigenvalue weighted by atomic mass is 9.85. The molecule has 0 unspecified atom stereocenters. The first kappa shape index (κ1) is 22.1. The molecule has 1 N–H and O–H groups in total. The first-order valence-corrected chi connectivity index (χ1v) is 10.1. The molecule has 2 amide bonds. The molecule has 1 fully saturated rings. The smallest absolute Gasteiger partial charge is 0.350 e. The third kappa shape index (κ3) is 4.61. The number of aromatic nitrogens is 2. The Bertz CT molecular complexity index is 904. The van der Waals surface area contributed by atoms with Crippen molar-refractivity contribution in [3.63, 3.8) is 0 Å². The topological polar surface area (TPSA) is 67.2 Å². The number of hydrogen-bond acceptors (Lipinski definition) is 3. The molecular formula is C20H22ClF3N4O2. The summed E-state index contributed by atoms with van der Waals surface area (Å²) in [4.78, 5) is 25.6. The molecule has 1 aromatic heterocycles. The summed E-state index contributed by atoms with van der Waals surface area (Å²) >= 11 is 5.58. The Morgan fingerprint density at radius 2 is 2.00 bits per heavy atom. The highest BCUT2D eigenvalue weighted by atomic mass is 35.5. The summed E-state index contributed by atoms with van der Waals surface area (Å²) in [6, 6.07) is 5.14. The first-order chi connectivity index (χ1) is 14.3. The number of piperidine rings is 1. The van der Waals surface area contributed by atoms with E-state index < -0.39 is 35.2 Å². The number of amides is 2. The van der Waals surface area contributed by atoms with Gasteiger partial charge in [-0.25, -0.2) is 4.39 Å². The van der Waals surface area contributed by atoms with Crippen molar-refractivity contribution in [1.82, 2.24) is 20.0 Å². The first-order valence-electron chi connectivity index (χ1n) is 9.57. The van der Waals surface area contributed by atoms with Crippen LogP contribution in [0.15, 0.2) is 36.7 Å². The van der Waals surface area contributed by atoms with Crippen LogP contribution in [-0.4, -0.2) is 51.5 Å². The van der Waals surface area contributed by atoms with Crippen LogP contribution in [0.1, 0.15) is 30.4 Å². The maximum absolute atomic E-state index is 14.8. The van der Waals surface area contributed by atoms with E-state index in [1.54, 1.807) is 19.1 Å². The van der Waals surface area contributed by atoms with Gasteiger partial charge in [-0.3, -0.25) is 14.3 Å². The molecule has 30 heavy (non-hydrogen) atoms. The molecule has 0 saturated carbocycles. The zero-order valence-corrected chi connectivity index (χ0v) is 17.1. The number of likely N-dealkylation sites (tertiary alicyclic amines) is 1. The fourth-order valence-electron chi connectivity index (χ4n) is 3.66. The number of nitrogens with one attached hydrogen (secondary N) is 1. The van der Waals surface area contributed by atoms with Crippen molar-refractivity contribution in [2.75, 3.05) is 19.0 Å². The summed E-state index contributed by atoms with van der Waals surface area (Å²) in [6.07, 6.45) is 2.46. The normalized spacial score (nSPS) is 19.6. The number of nitrogens with zero attached hydrogens (tertiary/aromatic N) is 3. The Morgan fingerprint density at radius 3 is 2.60 bits per heavy atom. The molecule has 2 atom stereocenters. The van der Waals surface area contributed by atoms with Gasteiger partial charge in [0, 0.05) is 31.7 Å². The summed E-state index contributed by atoms with van der Waals surface area (Å²) in [5.41, 5.74) is 0.274. The summed E-state index contributed by atoms with van der Waals surface area (Å²) < 4.78 is 44.2. The maximum Gasteiger partial charge on any atom is 0.352 e. The maximum atomic E-state index is 14.8. The molecule has 1 aromatic carbocycles. The molecule has 162 valence electrons. The minimum Gasteiger partial charge on any atom is -0.350 e. The number of aryl methyl sites for hydroxylation is 1. The van der Waals surface area contributed by atoms with Crippen LogP contribution in [0.5, 0.6) is 0 Å². The van der Waals surface area contributed by atoms with Crippen molar-refractivity contribution in [1.29, 1.82) is 0 Å². The molecule has 1 aliphatic heterocycles. The van der Waals surface area contributed by atoms with Gasteiger partial charge in [-0.15, -0.1) is 11.6 Å².